The molecule has 1 fully saturated rings. The average Bonchev–Trinajstić information content (AvgIpc) is 3.05. The molecular formula is C20H20BrN3O. The predicted molar refractivity (Wildman–Crippen MR) is 105 cm³/mol. The minimum atomic E-state index is 0.0803. The third-order valence-corrected chi connectivity index (χ3v) is 5.33. The standard InChI is InChI=1S/C20H20BrN3O/c1-14-4-2-3-5-19(14)23-8-10-24(11-9-23)20(25)18-13-15-12-16(21)6-7-17(15)22-18/h2-7,12-13,22H,8-11H2,1H3. The topological polar surface area (TPSA) is 39.3 Å². The van der Waals surface area contributed by atoms with Crippen LogP contribution in [0.3, 0.4) is 0 Å². The lowest BCUT2D eigenvalue weighted by molar-refractivity contribution is 0.0742. The fourth-order valence-electron chi connectivity index (χ4n) is 3.46. The molecule has 5 heteroatoms. The van der Waals surface area contributed by atoms with Crippen LogP contribution in [0, 0.1) is 6.92 Å². The van der Waals surface area contributed by atoms with Gasteiger partial charge in [-0.25, -0.2) is 0 Å². The maximum atomic E-state index is 12.8. The van der Waals surface area contributed by atoms with E-state index in [1.54, 1.807) is 0 Å². The van der Waals surface area contributed by atoms with Gasteiger partial charge < -0.3 is 14.8 Å². The zero-order valence-corrected chi connectivity index (χ0v) is 15.7. The number of aryl methyl sites for hydroxylation is 1. The maximum Gasteiger partial charge on any atom is 0.270 e. The molecular weight excluding hydrogens is 378 g/mol. The Bertz CT molecular complexity index is 926. The molecule has 128 valence electrons. The monoisotopic (exact) mass is 397 g/mol. The Balaban J connectivity index is 1.48. The molecule has 2 heterocycles. The zero-order chi connectivity index (χ0) is 17.4. The van der Waals surface area contributed by atoms with Gasteiger partial charge in [0.1, 0.15) is 5.69 Å². The van der Waals surface area contributed by atoms with Crippen LogP contribution in [-0.2, 0) is 0 Å². The number of benzene rings is 2. The summed E-state index contributed by atoms with van der Waals surface area (Å²) in [4.78, 5) is 20.4. The van der Waals surface area contributed by atoms with Crippen molar-refractivity contribution in [3.63, 3.8) is 0 Å². The van der Waals surface area contributed by atoms with Crippen molar-refractivity contribution in [1.29, 1.82) is 0 Å². The number of carbonyl (C=O) groups excluding carboxylic acids is 1. The van der Waals surface area contributed by atoms with Crippen molar-refractivity contribution in [3.05, 3.63) is 64.3 Å². The van der Waals surface area contributed by atoms with E-state index in [2.05, 4.69) is 57.0 Å². The number of hydrogen-bond donors (Lipinski definition) is 1. The molecule has 1 aromatic heterocycles. The van der Waals surface area contributed by atoms with E-state index in [1.807, 2.05) is 29.2 Å². The molecule has 0 aliphatic carbocycles. The number of fused-ring (bicyclic) bond motifs is 1. The highest BCUT2D eigenvalue weighted by Gasteiger charge is 2.24. The van der Waals surface area contributed by atoms with Gasteiger partial charge in [0.05, 0.1) is 0 Å². The van der Waals surface area contributed by atoms with E-state index in [4.69, 9.17) is 0 Å². The number of hydrogen-bond acceptors (Lipinski definition) is 2. The summed E-state index contributed by atoms with van der Waals surface area (Å²) in [6.07, 6.45) is 0. The highest BCUT2D eigenvalue weighted by molar-refractivity contribution is 9.10. The number of piperazine rings is 1. The summed E-state index contributed by atoms with van der Waals surface area (Å²) in [6, 6.07) is 16.4. The van der Waals surface area contributed by atoms with Gasteiger partial charge in [0.25, 0.3) is 5.91 Å². The third-order valence-electron chi connectivity index (χ3n) is 4.84. The highest BCUT2D eigenvalue weighted by Crippen LogP contribution is 2.23. The molecule has 4 rings (SSSR count). The van der Waals surface area contributed by atoms with Gasteiger partial charge in [0, 0.05) is 47.2 Å². The third kappa shape index (κ3) is 3.16. The normalized spacial score (nSPS) is 15.0. The van der Waals surface area contributed by atoms with Gasteiger partial charge in [-0.3, -0.25) is 4.79 Å². The first-order valence-corrected chi connectivity index (χ1v) is 9.29. The number of aromatic amines is 1. The number of carbonyl (C=O) groups is 1. The Morgan fingerprint density at radius 2 is 1.80 bits per heavy atom. The molecule has 0 atom stereocenters. The Kier molecular flexibility index (Phi) is 4.25. The number of H-pyrrole nitrogens is 1. The quantitative estimate of drug-likeness (QED) is 0.703. The summed E-state index contributed by atoms with van der Waals surface area (Å²) in [7, 11) is 0. The molecule has 0 unspecified atom stereocenters. The van der Waals surface area contributed by atoms with Crippen molar-refractivity contribution < 1.29 is 4.79 Å². The average molecular weight is 398 g/mol. The number of rotatable bonds is 2. The number of halogens is 1. The van der Waals surface area contributed by atoms with E-state index in [0.717, 1.165) is 41.6 Å². The van der Waals surface area contributed by atoms with Crippen LogP contribution in [0.25, 0.3) is 10.9 Å². The summed E-state index contributed by atoms with van der Waals surface area (Å²) in [5, 5.41) is 1.05. The van der Waals surface area contributed by atoms with Crippen molar-refractivity contribution >= 4 is 38.4 Å². The second-order valence-corrected chi connectivity index (χ2v) is 7.40. The highest BCUT2D eigenvalue weighted by atomic mass is 79.9. The number of anilines is 1. The molecule has 0 spiro atoms. The minimum absolute atomic E-state index is 0.0803. The van der Waals surface area contributed by atoms with E-state index in [0.29, 0.717) is 5.69 Å². The molecule has 2 aromatic carbocycles. The molecule has 1 N–H and O–H groups in total. The van der Waals surface area contributed by atoms with E-state index in [9.17, 15) is 4.79 Å². The Hall–Kier alpha value is -2.27. The van der Waals surface area contributed by atoms with Gasteiger partial charge in [-0.1, -0.05) is 34.1 Å². The van der Waals surface area contributed by atoms with Gasteiger partial charge in [-0.2, -0.15) is 0 Å². The molecule has 3 aromatic rings. The molecule has 1 aliphatic heterocycles. The minimum Gasteiger partial charge on any atom is -0.368 e. The molecule has 25 heavy (non-hydrogen) atoms. The fourth-order valence-corrected chi connectivity index (χ4v) is 3.84. The van der Waals surface area contributed by atoms with Crippen LogP contribution in [0.2, 0.25) is 0 Å². The Morgan fingerprint density at radius 3 is 2.56 bits per heavy atom. The first-order valence-electron chi connectivity index (χ1n) is 8.50. The second-order valence-electron chi connectivity index (χ2n) is 6.48. The van der Waals surface area contributed by atoms with Crippen molar-refractivity contribution in [2.24, 2.45) is 0 Å². The maximum absolute atomic E-state index is 12.8. The van der Waals surface area contributed by atoms with Crippen molar-refractivity contribution in [3.8, 4) is 0 Å². The lowest BCUT2D eigenvalue weighted by atomic mass is 10.1. The smallest absolute Gasteiger partial charge is 0.270 e. The van der Waals surface area contributed by atoms with E-state index >= 15 is 0 Å². The van der Waals surface area contributed by atoms with Crippen LogP contribution >= 0.6 is 15.9 Å². The summed E-state index contributed by atoms with van der Waals surface area (Å²) in [6.45, 7) is 5.35. The summed E-state index contributed by atoms with van der Waals surface area (Å²) < 4.78 is 1.02. The van der Waals surface area contributed by atoms with Gasteiger partial charge in [0.15, 0.2) is 0 Å². The Labute approximate surface area is 155 Å². The molecule has 1 saturated heterocycles. The summed E-state index contributed by atoms with van der Waals surface area (Å²) in [5.41, 5.74) is 4.20. The number of amides is 1. The summed E-state index contributed by atoms with van der Waals surface area (Å²) >= 11 is 3.48. The van der Waals surface area contributed by atoms with Gasteiger partial charge in [0.2, 0.25) is 0 Å². The van der Waals surface area contributed by atoms with Crippen molar-refractivity contribution in [2.45, 2.75) is 6.92 Å². The fraction of sp³-hybridized carbons (Fsp3) is 0.250. The van der Waals surface area contributed by atoms with Gasteiger partial charge >= 0.3 is 0 Å². The largest absolute Gasteiger partial charge is 0.368 e. The predicted octanol–water partition coefficient (Wildman–Crippen LogP) is 4.20. The Morgan fingerprint density at radius 1 is 1.04 bits per heavy atom. The molecule has 4 nitrogen and oxygen atoms in total. The number of nitrogens with one attached hydrogen (secondary N) is 1. The van der Waals surface area contributed by atoms with Crippen LogP contribution in [0.15, 0.2) is 53.0 Å². The molecule has 0 radical (unpaired) electrons. The lowest BCUT2D eigenvalue weighted by Gasteiger charge is -2.36. The van der Waals surface area contributed by atoms with E-state index < -0.39 is 0 Å². The van der Waals surface area contributed by atoms with Crippen LogP contribution < -0.4 is 4.90 Å². The SMILES string of the molecule is Cc1ccccc1N1CCN(C(=O)c2cc3cc(Br)ccc3[nH]2)CC1. The molecule has 1 amide bonds. The second kappa shape index (κ2) is 6.56. The van der Waals surface area contributed by atoms with Crippen molar-refractivity contribution in [1.82, 2.24) is 9.88 Å². The summed E-state index contributed by atoms with van der Waals surface area (Å²) in [5.74, 6) is 0.0803. The number of para-hydroxylation sites is 1. The van der Waals surface area contributed by atoms with Crippen LogP contribution in [0.5, 0.6) is 0 Å². The zero-order valence-electron chi connectivity index (χ0n) is 14.1. The molecule has 0 saturated carbocycles. The van der Waals surface area contributed by atoms with Crippen molar-refractivity contribution in [2.75, 3.05) is 31.1 Å². The van der Waals surface area contributed by atoms with E-state index in [1.165, 1.54) is 11.3 Å². The molecule has 0 bridgehead atoms. The van der Waals surface area contributed by atoms with Crippen LogP contribution in [0.1, 0.15) is 16.1 Å². The van der Waals surface area contributed by atoms with Gasteiger partial charge in [-0.05, 0) is 42.8 Å². The van der Waals surface area contributed by atoms with Crippen LogP contribution in [0.4, 0.5) is 5.69 Å². The first-order chi connectivity index (χ1) is 12.1. The first kappa shape index (κ1) is 16.2. The number of aromatic nitrogens is 1. The van der Waals surface area contributed by atoms with E-state index in [-0.39, 0.29) is 5.91 Å². The number of nitrogens with zero attached hydrogens (tertiary/aromatic N) is 2. The molecule has 1 aliphatic rings. The van der Waals surface area contributed by atoms with Gasteiger partial charge in [-0.15, -0.1) is 0 Å². The lowest BCUT2D eigenvalue weighted by Crippen LogP contribution is -2.49. The van der Waals surface area contributed by atoms with Crippen LogP contribution in [-0.4, -0.2) is 42.0 Å².